The molecule has 110 valence electrons. The molecule has 1 aliphatic carbocycles. The predicted octanol–water partition coefficient (Wildman–Crippen LogP) is 2.04. The van der Waals surface area contributed by atoms with Crippen LogP contribution in [0.3, 0.4) is 0 Å². The highest BCUT2D eigenvalue weighted by Gasteiger charge is 2.27. The molecule has 1 aliphatic rings. The molecule has 3 N–H and O–H groups in total. The SMILES string of the molecule is CCC(=O)NC.O=C(O)Cc1c(O)cccc1C1CC1. The number of nitrogens with one attached hydrogen (secondary N) is 1. The second-order valence-corrected chi connectivity index (χ2v) is 4.72. The van der Waals surface area contributed by atoms with Crippen LogP contribution in [0.1, 0.15) is 43.2 Å². The van der Waals surface area contributed by atoms with Gasteiger partial charge in [0.05, 0.1) is 6.42 Å². The number of carboxylic acid groups (broad SMARTS) is 1. The lowest BCUT2D eigenvalue weighted by Gasteiger charge is -2.08. The molecule has 2 rings (SSSR count). The topological polar surface area (TPSA) is 86.6 Å². The van der Waals surface area contributed by atoms with Crippen LogP contribution in [0.15, 0.2) is 18.2 Å². The Morgan fingerprint density at radius 1 is 1.35 bits per heavy atom. The fourth-order valence-corrected chi connectivity index (χ4v) is 1.89. The van der Waals surface area contributed by atoms with E-state index in [1.165, 1.54) is 0 Å². The van der Waals surface area contributed by atoms with E-state index in [0.29, 0.717) is 17.9 Å². The number of aromatic hydroxyl groups is 1. The van der Waals surface area contributed by atoms with Crippen molar-refractivity contribution in [1.82, 2.24) is 5.32 Å². The molecule has 0 bridgehead atoms. The molecule has 5 nitrogen and oxygen atoms in total. The van der Waals surface area contributed by atoms with Crippen molar-refractivity contribution >= 4 is 11.9 Å². The average Bonchev–Trinajstić information content (AvgIpc) is 3.25. The largest absolute Gasteiger partial charge is 0.508 e. The number of benzene rings is 1. The lowest BCUT2D eigenvalue weighted by Crippen LogP contribution is -2.15. The van der Waals surface area contributed by atoms with Crippen LogP contribution >= 0.6 is 0 Å². The highest BCUT2D eigenvalue weighted by Crippen LogP contribution is 2.43. The van der Waals surface area contributed by atoms with Crippen LogP contribution in [0.4, 0.5) is 0 Å². The zero-order valence-electron chi connectivity index (χ0n) is 11.8. The van der Waals surface area contributed by atoms with E-state index in [0.717, 1.165) is 18.4 Å². The van der Waals surface area contributed by atoms with Gasteiger partial charge < -0.3 is 15.5 Å². The first-order chi connectivity index (χ1) is 9.49. The molecule has 0 saturated heterocycles. The van der Waals surface area contributed by atoms with Crippen molar-refractivity contribution < 1.29 is 19.8 Å². The number of rotatable bonds is 4. The normalized spacial score (nSPS) is 13.1. The highest BCUT2D eigenvalue weighted by molar-refractivity contribution is 5.75. The van der Waals surface area contributed by atoms with E-state index in [9.17, 15) is 14.7 Å². The maximum Gasteiger partial charge on any atom is 0.307 e. The molecule has 1 aromatic rings. The molecule has 1 fully saturated rings. The third-order valence-corrected chi connectivity index (χ3v) is 3.13. The molecule has 1 amide bonds. The van der Waals surface area contributed by atoms with E-state index in [1.54, 1.807) is 19.2 Å². The van der Waals surface area contributed by atoms with Gasteiger partial charge in [-0.25, -0.2) is 0 Å². The molecule has 5 heteroatoms. The number of carbonyl (C=O) groups excluding carboxylic acids is 1. The van der Waals surface area contributed by atoms with Crippen LogP contribution in [-0.4, -0.2) is 29.1 Å². The number of aliphatic carboxylic acids is 1. The molecule has 0 radical (unpaired) electrons. The summed E-state index contributed by atoms with van der Waals surface area (Å²) in [5, 5.41) is 20.7. The third kappa shape index (κ3) is 4.91. The van der Waals surface area contributed by atoms with Crippen LogP contribution in [-0.2, 0) is 16.0 Å². The number of hydrogen-bond acceptors (Lipinski definition) is 3. The van der Waals surface area contributed by atoms with Crippen molar-refractivity contribution in [2.24, 2.45) is 0 Å². The highest BCUT2D eigenvalue weighted by atomic mass is 16.4. The van der Waals surface area contributed by atoms with Crippen molar-refractivity contribution in [3.05, 3.63) is 29.3 Å². The van der Waals surface area contributed by atoms with Crippen LogP contribution < -0.4 is 5.32 Å². The Morgan fingerprint density at radius 3 is 2.40 bits per heavy atom. The summed E-state index contributed by atoms with van der Waals surface area (Å²) in [5.74, 6) is -0.225. The van der Waals surface area contributed by atoms with Gasteiger partial charge in [-0.05, 0) is 30.4 Å². The smallest absolute Gasteiger partial charge is 0.307 e. The number of phenols is 1. The molecule has 0 heterocycles. The van der Waals surface area contributed by atoms with Crippen molar-refractivity contribution in [3.8, 4) is 5.75 Å². The fraction of sp³-hybridized carbons (Fsp3) is 0.467. The summed E-state index contributed by atoms with van der Waals surface area (Å²) >= 11 is 0. The molecular formula is C15H21NO4. The van der Waals surface area contributed by atoms with E-state index < -0.39 is 5.97 Å². The number of amides is 1. The molecule has 0 unspecified atom stereocenters. The minimum absolute atomic E-state index is 0.0848. The molecule has 0 aliphatic heterocycles. The molecule has 1 aromatic carbocycles. The lowest BCUT2D eigenvalue weighted by atomic mass is 10.00. The molecular weight excluding hydrogens is 258 g/mol. The maximum atomic E-state index is 10.6. The minimum Gasteiger partial charge on any atom is -0.508 e. The molecule has 0 aromatic heterocycles. The van der Waals surface area contributed by atoms with Gasteiger partial charge in [-0.1, -0.05) is 19.1 Å². The van der Waals surface area contributed by atoms with E-state index >= 15 is 0 Å². The fourth-order valence-electron chi connectivity index (χ4n) is 1.89. The van der Waals surface area contributed by atoms with Crippen molar-refractivity contribution in [2.75, 3.05) is 7.05 Å². The van der Waals surface area contributed by atoms with Crippen molar-refractivity contribution in [1.29, 1.82) is 0 Å². The van der Waals surface area contributed by atoms with Crippen molar-refractivity contribution in [3.63, 3.8) is 0 Å². The predicted molar refractivity (Wildman–Crippen MR) is 75.8 cm³/mol. The summed E-state index contributed by atoms with van der Waals surface area (Å²) < 4.78 is 0. The molecule has 20 heavy (non-hydrogen) atoms. The average molecular weight is 279 g/mol. The van der Waals surface area contributed by atoms with Gasteiger partial charge in [-0.3, -0.25) is 9.59 Å². The summed E-state index contributed by atoms with van der Waals surface area (Å²) in [5.41, 5.74) is 1.59. The van der Waals surface area contributed by atoms with Crippen LogP contribution in [0, 0.1) is 0 Å². The van der Waals surface area contributed by atoms with Gasteiger partial charge in [0.15, 0.2) is 0 Å². The second-order valence-electron chi connectivity index (χ2n) is 4.72. The lowest BCUT2D eigenvalue weighted by molar-refractivity contribution is -0.136. The van der Waals surface area contributed by atoms with Crippen molar-refractivity contribution in [2.45, 2.75) is 38.5 Å². The monoisotopic (exact) mass is 279 g/mol. The number of hydrogen-bond donors (Lipinski definition) is 3. The minimum atomic E-state index is -0.895. The van der Waals surface area contributed by atoms with Gasteiger partial charge in [0.1, 0.15) is 5.75 Å². The maximum absolute atomic E-state index is 10.6. The molecule has 0 spiro atoms. The third-order valence-electron chi connectivity index (χ3n) is 3.13. The summed E-state index contributed by atoms with van der Waals surface area (Å²) in [6.45, 7) is 1.82. The first-order valence-corrected chi connectivity index (χ1v) is 6.72. The van der Waals surface area contributed by atoms with Gasteiger partial charge in [-0.2, -0.15) is 0 Å². The Morgan fingerprint density at radius 2 is 2.00 bits per heavy atom. The van der Waals surface area contributed by atoms with Crippen LogP contribution in [0.2, 0.25) is 0 Å². The van der Waals surface area contributed by atoms with Gasteiger partial charge in [0, 0.05) is 19.0 Å². The summed E-state index contributed by atoms with van der Waals surface area (Å²) in [6, 6.07) is 5.23. The Labute approximate surface area is 118 Å². The van der Waals surface area contributed by atoms with Gasteiger partial charge in [0.25, 0.3) is 0 Å². The zero-order valence-corrected chi connectivity index (χ0v) is 11.8. The summed E-state index contributed by atoms with van der Waals surface area (Å²) in [4.78, 5) is 20.7. The van der Waals surface area contributed by atoms with E-state index in [1.807, 2.05) is 13.0 Å². The van der Waals surface area contributed by atoms with Gasteiger partial charge >= 0.3 is 5.97 Å². The zero-order chi connectivity index (χ0) is 15.1. The standard InChI is InChI=1S/C11H12O3.C4H9NO/c12-10-3-1-2-8(7-4-5-7)9(10)6-11(13)14;1-3-4(6)5-2/h1-3,7,12H,4-6H2,(H,13,14);3H2,1-2H3,(H,5,6). The first-order valence-electron chi connectivity index (χ1n) is 6.72. The molecule has 1 saturated carbocycles. The number of carbonyl (C=O) groups is 2. The first kappa shape index (κ1) is 16.0. The van der Waals surface area contributed by atoms with E-state index in [-0.39, 0.29) is 18.1 Å². The number of carboxylic acids is 1. The summed E-state index contributed by atoms with van der Waals surface area (Å²) in [6.07, 6.45) is 2.71. The summed E-state index contributed by atoms with van der Waals surface area (Å²) in [7, 11) is 1.63. The van der Waals surface area contributed by atoms with Gasteiger partial charge in [-0.15, -0.1) is 0 Å². The number of phenolic OH excluding ortho intramolecular Hbond substituents is 1. The second kappa shape index (κ2) is 7.53. The molecule has 0 atom stereocenters. The Kier molecular flexibility index (Phi) is 6.03. The van der Waals surface area contributed by atoms with E-state index in [4.69, 9.17) is 5.11 Å². The Balaban J connectivity index is 0.000000286. The van der Waals surface area contributed by atoms with Crippen LogP contribution in [0.5, 0.6) is 5.75 Å². The van der Waals surface area contributed by atoms with Gasteiger partial charge in [0.2, 0.25) is 5.91 Å². The Hall–Kier alpha value is -2.04. The Bertz CT molecular complexity index is 475. The van der Waals surface area contributed by atoms with E-state index in [2.05, 4.69) is 5.32 Å². The van der Waals surface area contributed by atoms with Crippen LogP contribution in [0.25, 0.3) is 0 Å². The quantitative estimate of drug-likeness (QED) is 0.787.